The Kier molecular flexibility index (Phi) is 1.99. The van der Waals surface area contributed by atoms with E-state index >= 15 is 0 Å². The average Bonchev–Trinajstić information content (AvgIpc) is 3.28. The van der Waals surface area contributed by atoms with Gasteiger partial charge in [0.25, 0.3) is 0 Å². The first kappa shape index (κ1) is 11.9. The van der Waals surface area contributed by atoms with E-state index in [1.807, 2.05) is 0 Å². The van der Waals surface area contributed by atoms with Gasteiger partial charge in [-0.2, -0.15) is 0 Å². The van der Waals surface area contributed by atoms with Gasteiger partial charge >= 0.3 is 0 Å². The Balaban J connectivity index is 1.78. The molecule has 2 spiro atoms. The molecule has 4 aliphatic rings. The molecule has 22 heavy (non-hydrogen) atoms. The summed E-state index contributed by atoms with van der Waals surface area (Å²) in [6.07, 6.45) is 13.7. The number of nitrogens with zero attached hydrogens (tertiary/aromatic N) is 2. The summed E-state index contributed by atoms with van der Waals surface area (Å²) < 4.78 is 5.05. The Bertz CT molecular complexity index is 786. The second-order valence-electron chi connectivity index (χ2n) is 8.00. The predicted molar refractivity (Wildman–Crippen MR) is 85.4 cm³/mol. The molecule has 1 aromatic carbocycles. The number of hydrogen-bond donors (Lipinski definition) is 0. The summed E-state index contributed by atoms with van der Waals surface area (Å²) in [4.78, 5) is 0. The zero-order chi connectivity index (χ0) is 14.4. The fourth-order valence-corrected chi connectivity index (χ4v) is 6.64. The van der Waals surface area contributed by atoms with Crippen LogP contribution in [0.5, 0.6) is 0 Å². The number of hydrogen-bond acceptors (Lipinski definition) is 0. The molecule has 1 aromatic heterocycles. The van der Waals surface area contributed by atoms with Gasteiger partial charge in [-0.1, -0.05) is 43.9 Å². The lowest BCUT2D eigenvalue weighted by Gasteiger charge is -2.50. The molecule has 2 fully saturated rings. The van der Waals surface area contributed by atoms with Crippen LogP contribution in [0, 0.1) is 0 Å². The van der Waals surface area contributed by atoms with E-state index in [2.05, 4.69) is 39.8 Å². The third-order valence-corrected chi connectivity index (χ3v) is 7.39. The highest BCUT2D eigenvalue weighted by Gasteiger charge is 2.62. The topological polar surface area (TPSA) is 8.81 Å². The van der Waals surface area contributed by atoms with Crippen molar-refractivity contribution in [3.63, 3.8) is 0 Å². The van der Waals surface area contributed by atoms with Crippen LogP contribution >= 0.6 is 0 Å². The summed E-state index contributed by atoms with van der Waals surface area (Å²) >= 11 is 0. The van der Waals surface area contributed by atoms with Crippen LogP contribution in [0.1, 0.15) is 68.2 Å². The van der Waals surface area contributed by atoms with Crippen LogP contribution in [0.25, 0.3) is 5.69 Å². The number of para-hydroxylation sites is 1. The normalized spacial score (nSPS) is 25.3. The maximum atomic E-state index is 2.60. The van der Waals surface area contributed by atoms with Crippen molar-refractivity contribution >= 4 is 0 Å². The van der Waals surface area contributed by atoms with Crippen LogP contribution in [0.3, 0.4) is 0 Å². The molecule has 6 rings (SSSR count). The zero-order valence-electron chi connectivity index (χ0n) is 13.1. The van der Waals surface area contributed by atoms with Gasteiger partial charge in [0, 0.05) is 22.5 Å². The zero-order valence-corrected chi connectivity index (χ0v) is 13.1. The minimum absolute atomic E-state index is 0.421. The first-order valence-corrected chi connectivity index (χ1v) is 9.11. The molecule has 112 valence electrons. The smallest absolute Gasteiger partial charge is 0.124 e. The SMILES string of the molecule is c1cc2c3c(c1)C1(CCCC1)C1(CCCC1)c1cc[n+](n1-3)C2. The Morgan fingerprint density at radius 3 is 2.36 bits per heavy atom. The Hall–Kier alpha value is -1.57. The molecule has 0 N–H and O–H groups in total. The van der Waals surface area contributed by atoms with E-state index in [1.165, 1.54) is 51.4 Å². The first-order valence-electron chi connectivity index (χ1n) is 9.11. The van der Waals surface area contributed by atoms with E-state index in [1.54, 1.807) is 22.5 Å². The molecule has 0 bridgehead atoms. The van der Waals surface area contributed by atoms with Gasteiger partial charge in [-0.05, 0) is 31.2 Å². The maximum Gasteiger partial charge on any atom is 0.200 e. The van der Waals surface area contributed by atoms with Crippen molar-refractivity contribution in [3.8, 4) is 5.69 Å². The maximum absolute atomic E-state index is 2.60. The molecule has 2 aliphatic heterocycles. The van der Waals surface area contributed by atoms with Gasteiger partial charge in [0.05, 0.1) is 5.69 Å². The molecule has 0 saturated heterocycles. The van der Waals surface area contributed by atoms with Gasteiger partial charge in [0.15, 0.2) is 12.7 Å². The summed E-state index contributed by atoms with van der Waals surface area (Å²) in [5.74, 6) is 0. The highest BCUT2D eigenvalue weighted by Crippen LogP contribution is 2.64. The van der Waals surface area contributed by atoms with Gasteiger partial charge in [-0.25, -0.2) is 0 Å². The summed E-state index contributed by atoms with van der Waals surface area (Å²) in [6, 6.07) is 9.61. The molecule has 0 radical (unpaired) electrons. The van der Waals surface area contributed by atoms with E-state index in [9.17, 15) is 0 Å². The second kappa shape index (κ2) is 3.67. The molecule has 0 amide bonds. The monoisotopic (exact) mass is 291 g/mol. The lowest BCUT2D eigenvalue weighted by molar-refractivity contribution is -0.752. The lowest BCUT2D eigenvalue weighted by Crippen LogP contribution is -2.52. The van der Waals surface area contributed by atoms with Gasteiger partial charge in [-0.3, -0.25) is 0 Å². The van der Waals surface area contributed by atoms with Crippen LogP contribution in [0.4, 0.5) is 0 Å². The quantitative estimate of drug-likeness (QED) is 0.558. The Labute approximate surface area is 131 Å². The third kappa shape index (κ3) is 1.07. The van der Waals surface area contributed by atoms with Gasteiger partial charge in [-0.15, -0.1) is 9.36 Å². The Morgan fingerprint density at radius 1 is 0.864 bits per heavy atom. The van der Waals surface area contributed by atoms with E-state index < -0.39 is 0 Å². The molecule has 3 heterocycles. The number of benzene rings is 1. The second-order valence-corrected chi connectivity index (χ2v) is 8.00. The molecule has 2 heteroatoms. The largest absolute Gasteiger partial charge is 0.200 e. The summed E-state index contributed by atoms with van der Waals surface area (Å²) in [5, 5.41) is 0. The minimum Gasteiger partial charge on any atom is -0.124 e. The standard InChI is InChI=1S/C20H23N2/c1-2-10-19(9-1)16-7-5-6-15-14-21-13-8-17(22(21)18(15)16)20(19)11-3-4-12-20/h5-8,13H,1-4,9-12,14H2/q+1. The van der Waals surface area contributed by atoms with E-state index in [4.69, 9.17) is 0 Å². The van der Waals surface area contributed by atoms with E-state index in [0.29, 0.717) is 10.8 Å². The molecule has 2 nitrogen and oxygen atoms in total. The van der Waals surface area contributed by atoms with Crippen molar-refractivity contribution in [2.45, 2.75) is 68.7 Å². The summed E-state index contributed by atoms with van der Waals surface area (Å²) in [7, 11) is 0. The van der Waals surface area contributed by atoms with Crippen molar-refractivity contribution in [2.24, 2.45) is 0 Å². The van der Waals surface area contributed by atoms with E-state index in [0.717, 1.165) is 6.54 Å². The van der Waals surface area contributed by atoms with E-state index in [-0.39, 0.29) is 0 Å². The average molecular weight is 291 g/mol. The van der Waals surface area contributed by atoms with Crippen LogP contribution in [-0.2, 0) is 17.4 Å². The van der Waals surface area contributed by atoms with Crippen molar-refractivity contribution in [1.29, 1.82) is 0 Å². The van der Waals surface area contributed by atoms with Crippen LogP contribution in [0.2, 0.25) is 0 Å². The summed E-state index contributed by atoms with van der Waals surface area (Å²) in [5.41, 5.74) is 7.29. The number of fused-ring (bicyclic) bond motifs is 3. The fourth-order valence-electron chi connectivity index (χ4n) is 6.64. The third-order valence-electron chi connectivity index (χ3n) is 7.39. The predicted octanol–water partition coefficient (Wildman–Crippen LogP) is 3.76. The summed E-state index contributed by atoms with van der Waals surface area (Å²) in [6.45, 7) is 1.06. The minimum atomic E-state index is 0.421. The van der Waals surface area contributed by atoms with Gasteiger partial charge in [0.2, 0.25) is 0 Å². The van der Waals surface area contributed by atoms with Crippen molar-refractivity contribution in [2.75, 3.05) is 0 Å². The van der Waals surface area contributed by atoms with Crippen molar-refractivity contribution < 1.29 is 4.68 Å². The highest BCUT2D eigenvalue weighted by molar-refractivity contribution is 5.59. The molecule has 2 aromatic rings. The van der Waals surface area contributed by atoms with Crippen LogP contribution < -0.4 is 4.68 Å². The first-order chi connectivity index (χ1) is 10.9. The van der Waals surface area contributed by atoms with Crippen LogP contribution in [-0.4, -0.2) is 4.68 Å². The number of rotatable bonds is 0. The molecular formula is C20H23N2+. The molecule has 0 atom stereocenters. The lowest BCUT2D eigenvalue weighted by atomic mass is 9.54. The fraction of sp³-hybridized carbons (Fsp3) is 0.550. The Morgan fingerprint density at radius 2 is 1.59 bits per heavy atom. The number of aromatic nitrogens is 2. The van der Waals surface area contributed by atoms with Crippen molar-refractivity contribution in [1.82, 2.24) is 4.68 Å². The van der Waals surface area contributed by atoms with Gasteiger partial charge < -0.3 is 0 Å². The molecule has 2 aliphatic carbocycles. The molecule has 2 saturated carbocycles. The molecular weight excluding hydrogens is 268 g/mol. The molecule has 0 unspecified atom stereocenters. The van der Waals surface area contributed by atoms with Crippen molar-refractivity contribution in [3.05, 3.63) is 47.3 Å². The highest BCUT2D eigenvalue weighted by atomic mass is 15.4. The van der Waals surface area contributed by atoms with Crippen LogP contribution in [0.15, 0.2) is 30.5 Å². The van der Waals surface area contributed by atoms with Gasteiger partial charge in [0.1, 0.15) is 5.69 Å².